The van der Waals surface area contributed by atoms with Crippen molar-refractivity contribution in [1.82, 2.24) is 5.32 Å². The molecule has 0 aliphatic carbocycles. The van der Waals surface area contributed by atoms with Crippen LogP contribution in [0.2, 0.25) is 0 Å². The molecule has 0 radical (unpaired) electrons. The molecule has 3 nitrogen and oxygen atoms in total. The Kier molecular flexibility index (Phi) is 5.08. The van der Waals surface area contributed by atoms with Crippen LogP contribution in [-0.4, -0.2) is 31.1 Å². The molecule has 2 atom stereocenters. The van der Waals surface area contributed by atoms with Crippen molar-refractivity contribution in [2.75, 3.05) is 25.2 Å². The summed E-state index contributed by atoms with van der Waals surface area (Å²) < 4.78 is 4.88. The van der Waals surface area contributed by atoms with E-state index in [2.05, 4.69) is 5.32 Å². The predicted molar refractivity (Wildman–Crippen MR) is 74.6 cm³/mol. The van der Waals surface area contributed by atoms with Gasteiger partial charge in [-0.25, -0.2) is 4.79 Å². The van der Waals surface area contributed by atoms with Crippen molar-refractivity contribution in [2.45, 2.75) is 12.5 Å². The van der Waals surface area contributed by atoms with E-state index in [1.165, 1.54) is 25.0 Å². The third-order valence-electron chi connectivity index (χ3n) is 3.20. The minimum Gasteiger partial charge on any atom is -0.468 e. The lowest BCUT2D eigenvalue weighted by Gasteiger charge is -2.19. The first kappa shape index (κ1) is 13.4. The van der Waals surface area contributed by atoms with E-state index >= 15 is 0 Å². The van der Waals surface area contributed by atoms with E-state index in [9.17, 15) is 4.79 Å². The molecule has 1 fully saturated rings. The van der Waals surface area contributed by atoms with Gasteiger partial charge in [0.2, 0.25) is 0 Å². The minimum absolute atomic E-state index is 0.216. The summed E-state index contributed by atoms with van der Waals surface area (Å²) in [5.41, 5.74) is 0.968. The number of thioether (sulfide) groups is 1. The molecule has 1 saturated heterocycles. The Labute approximate surface area is 112 Å². The first-order chi connectivity index (χ1) is 8.81. The fraction of sp³-hybridized carbons (Fsp3) is 0.500. The van der Waals surface area contributed by atoms with E-state index in [4.69, 9.17) is 4.74 Å². The topological polar surface area (TPSA) is 38.3 Å². The van der Waals surface area contributed by atoms with Gasteiger partial charge in [0.1, 0.15) is 6.04 Å². The number of benzene rings is 1. The number of hydrogen-bond acceptors (Lipinski definition) is 4. The van der Waals surface area contributed by atoms with Crippen molar-refractivity contribution >= 4 is 17.7 Å². The highest BCUT2D eigenvalue weighted by Gasteiger charge is 2.23. The van der Waals surface area contributed by atoms with Crippen LogP contribution in [0.5, 0.6) is 0 Å². The number of ether oxygens (including phenoxy) is 1. The molecule has 0 aromatic heterocycles. The lowest BCUT2D eigenvalue weighted by molar-refractivity contribution is -0.143. The number of esters is 1. The molecule has 98 valence electrons. The maximum Gasteiger partial charge on any atom is 0.327 e. The van der Waals surface area contributed by atoms with Crippen molar-refractivity contribution in [2.24, 2.45) is 5.92 Å². The summed E-state index contributed by atoms with van der Waals surface area (Å²) in [5, 5.41) is 3.34. The van der Waals surface area contributed by atoms with Crippen LogP contribution in [-0.2, 0) is 9.53 Å². The molecule has 0 saturated carbocycles. The Morgan fingerprint density at radius 2 is 2.28 bits per heavy atom. The quantitative estimate of drug-likeness (QED) is 0.829. The lowest BCUT2D eigenvalue weighted by atomic mass is 10.0. The summed E-state index contributed by atoms with van der Waals surface area (Å²) in [7, 11) is 1.44. The molecular formula is C14H19NO2S. The molecule has 1 N–H and O–H groups in total. The summed E-state index contributed by atoms with van der Waals surface area (Å²) in [6.45, 7) is 0.877. The molecule has 2 unspecified atom stereocenters. The van der Waals surface area contributed by atoms with Crippen LogP contribution >= 0.6 is 11.8 Å². The van der Waals surface area contributed by atoms with E-state index in [0.29, 0.717) is 5.92 Å². The largest absolute Gasteiger partial charge is 0.468 e. The molecule has 1 heterocycles. The van der Waals surface area contributed by atoms with Gasteiger partial charge in [-0.1, -0.05) is 30.3 Å². The van der Waals surface area contributed by atoms with Gasteiger partial charge in [0.15, 0.2) is 0 Å². The average molecular weight is 265 g/mol. The maximum atomic E-state index is 11.8. The van der Waals surface area contributed by atoms with Gasteiger partial charge < -0.3 is 10.1 Å². The van der Waals surface area contributed by atoms with E-state index in [1.807, 2.05) is 42.1 Å². The highest BCUT2D eigenvalue weighted by atomic mass is 32.2. The third kappa shape index (κ3) is 3.50. The minimum atomic E-state index is -0.346. The SMILES string of the molecule is COC(=O)C(NCC1CCSC1)c1ccccc1. The number of carbonyl (C=O) groups is 1. The Balaban J connectivity index is 1.99. The molecule has 2 rings (SSSR count). The summed E-state index contributed by atoms with van der Waals surface area (Å²) in [6, 6.07) is 9.40. The summed E-state index contributed by atoms with van der Waals surface area (Å²) in [6.07, 6.45) is 1.24. The van der Waals surface area contributed by atoms with Gasteiger partial charge in [0, 0.05) is 0 Å². The molecule has 18 heavy (non-hydrogen) atoms. The van der Waals surface area contributed by atoms with Crippen LogP contribution in [0.3, 0.4) is 0 Å². The predicted octanol–water partition coefficient (Wildman–Crippen LogP) is 2.24. The second-order valence-corrected chi connectivity index (χ2v) is 5.65. The Morgan fingerprint density at radius 1 is 1.50 bits per heavy atom. The molecule has 1 aliphatic rings. The molecule has 4 heteroatoms. The zero-order valence-corrected chi connectivity index (χ0v) is 11.4. The monoisotopic (exact) mass is 265 g/mol. The van der Waals surface area contributed by atoms with Crippen LogP contribution in [0.1, 0.15) is 18.0 Å². The van der Waals surface area contributed by atoms with Crippen molar-refractivity contribution in [3.8, 4) is 0 Å². The third-order valence-corrected chi connectivity index (χ3v) is 4.44. The van der Waals surface area contributed by atoms with Crippen LogP contribution < -0.4 is 5.32 Å². The standard InChI is InChI=1S/C14H19NO2S/c1-17-14(16)13(12-5-3-2-4-6-12)15-9-11-7-8-18-10-11/h2-6,11,13,15H,7-10H2,1H3. The number of nitrogens with one attached hydrogen (secondary N) is 1. The van der Waals surface area contributed by atoms with Crippen LogP contribution in [0.25, 0.3) is 0 Å². The van der Waals surface area contributed by atoms with Crippen LogP contribution in [0, 0.1) is 5.92 Å². The fourth-order valence-corrected chi connectivity index (χ4v) is 3.41. The Morgan fingerprint density at radius 3 is 2.89 bits per heavy atom. The number of carbonyl (C=O) groups excluding carboxylic acids is 1. The number of hydrogen-bond donors (Lipinski definition) is 1. The van der Waals surface area contributed by atoms with Crippen LogP contribution in [0.4, 0.5) is 0 Å². The first-order valence-electron chi connectivity index (χ1n) is 6.25. The molecule has 1 aliphatic heterocycles. The van der Waals surface area contributed by atoms with Crippen LogP contribution in [0.15, 0.2) is 30.3 Å². The number of rotatable bonds is 5. The van der Waals surface area contributed by atoms with E-state index in [-0.39, 0.29) is 12.0 Å². The van der Waals surface area contributed by atoms with E-state index < -0.39 is 0 Å². The average Bonchev–Trinajstić information content (AvgIpc) is 2.93. The van der Waals surface area contributed by atoms with Crippen molar-refractivity contribution < 1.29 is 9.53 Å². The number of methoxy groups -OCH3 is 1. The lowest BCUT2D eigenvalue weighted by Crippen LogP contribution is -2.33. The van der Waals surface area contributed by atoms with E-state index in [0.717, 1.165) is 12.1 Å². The normalized spacial score (nSPS) is 20.6. The maximum absolute atomic E-state index is 11.8. The molecule has 0 bridgehead atoms. The molecular weight excluding hydrogens is 246 g/mol. The first-order valence-corrected chi connectivity index (χ1v) is 7.40. The zero-order valence-electron chi connectivity index (χ0n) is 10.6. The molecule has 1 aromatic carbocycles. The molecule has 0 spiro atoms. The smallest absolute Gasteiger partial charge is 0.327 e. The van der Waals surface area contributed by atoms with Gasteiger partial charge in [-0.2, -0.15) is 11.8 Å². The summed E-state index contributed by atoms with van der Waals surface area (Å²) >= 11 is 1.99. The Hall–Kier alpha value is -1.00. The highest BCUT2D eigenvalue weighted by Crippen LogP contribution is 2.23. The molecule has 0 amide bonds. The fourth-order valence-electron chi connectivity index (χ4n) is 2.13. The van der Waals surface area contributed by atoms with Gasteiger partial charge in [-0.3, -0.25) is 0 Å². The Bertz CT molecular complexity index is 377. The van der Waals surface area contributed by atoms with Crippen molar-refractivity contribution in [1.29, 1.82) is 0 Å². The van der Waals surface area contributed by atoms with Gasteiger partial charge in [-0.05, 0) is 36.0 Å². The zero-order chi connectivity index (χ0) is 12.8. The van der Waals surface area contributed by atoms with Gasteiger partial charge in [0.25, 0.3) is 0 Å². The second-order valence-electron chi connectivity index (χ2n) is 4.50. The highest BCUT2D eigenvalue weighted by molar-refractivity contribution is 7.99. The van der Waals surface area contributed by atoms with E-state index in [1.54, 1.807) is 0 Å². The van der Waals surface area contributed by atoms with Gasteiger partial charge >= 0.3 is 5.97 Å². The van der Waals surface area contributed by atoms with Crippen molar-refractivity contribution in [3.05, 3.63) is 35.9 Å². The second kappa shape index (κ2) is 6.81. The summed E-state index contributed by atoms with van der Waals surface area (Å²) in [4.78, 5) is 11.8. The molecule has 1 aromatic rings. The van der Waals surface area contributed by atoms with Crippen molar-refractivity contribution in [3.63, 3.8) is 0 Å². The van der Waals surface area contributed by atoms with Gasteiger partial charge in [-0.15, -0.1) is 0 Å². The van der Waals surface area contributed by atoms with Gasteiger partial charge in [0.05, 0.1) is 7.11 Å². The summed E-state index contributed by atoms with van der Waals surface area (Å²) in [5.74, 6) is 2.88.